The van der Waals surface area contributed by atoms with E-state index in [9.17, 15) is 13.6 Å². The average molecular weight is 340 g/mol. The topological polar surface area (TPSA) is 70.7 Å². The molecule has 7 heteroatoms. The van der Waals surface area contributed by atoms with Gasteiger partial charge in [-0.25, -0.2) is 8.78 Å². The first-order chi connectivity index (χ1) is 12.0. The highest BCUT2D eigenvalue weighted by molar-refractivity contribution is 6.02. The summed E-state index contributed by atoms with van der Waals surface area (Å²) in [5, 5.41) is 9.59. The number of carbonyl (C=O) groups is 1. The number of amides is 1. The van der Waals surface area contributed by atoms with Crippen molar-refractivity contribution in [1.82, 2.24) is 15.2 Å². The van der Waals surface area contributed by atoms with Crippen molar-refractivity contribution in [2.45, 2.75) is 6.92 Å². The predicted molar refractivity (Wildman–Crippen MR) is 90.6 cm³/mol. The average Bonchev–Trinajstić information content (AvgIpc) is 2.95. The van der Waals surface area contributed by atoms with Gasteiger partial charge in [-0.1, -0.05) is 0 Å². The van der Waals surface area contributed by atoms with Gasteiger partial charge in [-0.2, -0.15) is 5.10 Å². The molecular weight excluding hydrogens is 326 g/mol. The van der Waals surface area contributed by atoms with Crippen molar-refractivity contribution >= 4 is 17.8 Å². The van der Waals surface area contributed by atoms with Gasteiger partial charge in [-0.3, -0.25) is 14.9 Å². The molecule has 0 fully saturated rings. The van der Waals surface area contributed by atoms with Gasteiger partial charge in [0.15, 0.2) is 0 Å². The zero-order valence-electron chi connectivity index (χ0n) is 13.3. The minimum Gasteiger partial charge on any atom is -0.307 e. The van der Waals surface area contributed by atoms with Gasteiger partial charge in [0, 0.05) is 41.2 Å². The van der Waals surface area contributed by atoms with Crippen LogP contribution in [0.15, 0.2) is 48.8 Å². The summed E-state index contributed by atoms with van der Waals surface area (Å²) in [6.45, 7) is 1.82. The summed E-state index contributed by atoms with van der Waals surface area (Å²) in [4.78, 5) is 16.0. The van der Waals surface area contributed by atoms with E-state index in [4.69, 9.17) is 0 Å². The first-order valence-electron chi connectivity index (χ1n) is 7.44. The highest BCUT2D eigenvalue weighted by Gasteiger charge is 2.12. The van der Waals surface area contributed by atoms with Crippen LogP contribution in [0.1, 0.15) is 11.1 Å². The van der Waals surface area contributed by atoms with Crippen molar-refractivity contribution in [3.63, 3.8) is 0 Å². The van der Waals surface area contributed by atoms with Gasteiger partial charge in [0.2, 0.25) is 5.91 Å². The molecule has 25 heavy (non-hydrogen) atoms. The van der Waals surface area contributed by atoms with E-state index in [1.54, 1.807) is 12.4 Å². The number of hydrogen-bond acceptors (Lipinski definition) is 3. The summed E-state index contributed by atoms with van der Waals surface area (Å²) in [6, 6.07) is 6.77. The normalized spacial score (nSPS) is 11.0. The standard InChI is InChI=1S/C18H14F2N4O/c1-11-17(13-6-8-21-9-7-13)23-24-18(11)22-16(25)5-3-12-2-4-14(19)10-15(12)20/h2-10H,1H3,(H2,22,23,24,25). The first kappa shape index (κ1) is 16.5. The van der Waals surface area contributed by atoms with Crippen LogP contribution in [0.4, 0.5) is 14.6 Å². The second kappa shape index (κ2) is 7.04. The lowest BCUT2D eigenvalue weighted by Gasteiger charge is -2.01. The Balaban J connectivity index is 1.73. The van der Waals surface area contributed by atoms with Gasteiger partial charge in [0.1, 0.15) is 17.5 Å². The Labute approximate surface area is 142 Å². The molecule has 5 nitrogen and oxygen atoms in total. The smallest absolute Gasteiger partial charge is 0.249 e. The molecule has 0 atom stereocenters. The molecule has 3 rings (SSSR count). The highest BCUT2D eigenvalue weighted by Crippen LogP contribution is 2.25. The number of aromatic amines is 1. The molecule has 0 unspecified atom stereocenters. The van der Waals surface area contributed by atoms with Crippen LogP contribution in [0, 0.1) is 18.6 Å². The molecule has 2 aromatic heterocycles. The van der Waals surface area contributed by atoms with E-state index >= 15 is 0 Å². The number of anilines is 1. The lowest BCUT2D eigenvalue weighted by molar-refractivity contribution is -0.111. The third-order valence-electron chi connectivity index (χ3n) is 3.59. The van der Waals surface area contributed by atoms with E-state index in [0.717, 1.165) is 23.3 Å². The molecule has 0 aliphatic rings. The first-order valence-corrected chi connectivity index (χ1v) is 7.44. The van der Waals surface area contributed by atoms with Gasteiger partial charge in [-0.15, -0.1) is 0 Å². The van der Waals surface area contributed by atoms with Crippen LogP contribution in [0.5, 0.6) is 0 Å². The molecule has 0 spiro atoms. The minimum atomic E-state index is -0.734. The summed E-state index contributed by atoms with van der Waals surface area (Å²) in [7, 11) is 0. The van der Waals surface area contributed by atoms with Crippen molar-refractivity contribution in [3.8, 4) is 11.3 Å². The Morgan fingerprint density at radius 2 is 1.96 bits per heavy atom. The lowest BCUT2D eigenvalue weighted by atomic mass is 10.1. The van der Waals surface area contributed by atoms with Crippen molar-refractivity contribution in [3.05, 3.63) is 71.6 Å². The fourth-order valence-corrected chi connectivity index (χ4v) is 2.28. The lowest BCUT2D eigenvalue weighted by Crippen LogP contribution is -2.09. The van der Waals surface area contributed by atoms with E-state index in [0.29, 0.717) is 11.5 Å². The molecule has 2 N–H and O–H groups in total. The van der Waals surface area contributed by atoms with Crippen molar-refractivity contribution in [2.24, 2.45) is 0 Å². The van der Waals surface area contributed by atoms with E-state index in [1.165, 1.54) is 18.2 Å². The number of H-pyrrole nitrogens is 1. The predicted octanol–water partition coefficient (Wildman–Crippen LogP) is 3.71. The minimum absolute atomic E-state index is 0.121. The van der Waals surface area contributed by atoms with E-state index in [-0.39, 0.29) is 5.56 Å². The molecule has 0 saturated heterocycles. The van der Waals surface area contributed by atoms with Crippen LogP contribution in [0.3, 0.4) is 0 Å². The number of benzene rings is 1. The number of nitrogens with zero attached hydrogens (tertiary/aromatic N) is 2. The number of carbonyl (C=O) groups excluding carboxylic acids is 1. The van der Waals surface area contributed by atoms with Gasteiger partial charge in [-0.05, 0) is 37.3 Å². The van der Waals surface area contributed by atoms with Crippen LogP contribution >= 0.6 is 0 Å². The molecule has 126 valence electrons. The molecule has 0 saturated carbocycles. The maximum absolute atomic E-state index is 13.5. The monoisotopic (exact) mass is 340 g/mol. The van der Waals surface area contributed by atoms with Crippen LogP contribution in [-0.4, -0.2) is 21.1 Å². The van der Waals surface area contributed by atoms with Gasteiger partial charge in [0.05, 0.1) is 5.69 Å². The SMILES string of the molecule is Cc1c(-c2ccncc2)n[nH]c1NC(=O)C=Cc1ccc(F)cc1F. The number of aromatic nitrogens is 3. The van der Waals surface area contributed by atoms with Crippen molar-refractivity contribution < 1.29 is 13.6 Å². The van der Waals surface area contributed by atoms with Crippen LogP contribution in [0.25, 0.3) is 17.3 Å². The highest BCUT2D eigenvalue weighted by atomic mass is 19.1. The largest absolute Gasteiger partial charge is 0.307 e. The molecule has 0 aliphatic carbocycles. The van der Waals surface area contributed by atoms with Crippen LogP contribution in [0.2, 0.25) is 0 Å². The third-order valence-corrected chi connectivity index (χ3v) is 3.59. The molecule has 0 radical (unpaired) electrons. The summed E-state index contributed by atoms with van der Waals surface area (Å²) in [5.41, 5.74) is 2.45. The summed E-state index contributed by atoms with van der Waals surface area (Å²) < 4.78 is 26.4. The second-order valence-corrected chi connectivity index (χ2v) is 5.30. The number of halogens is 2. The van der Waals surface area contributed by atoms with Crippen LogP contribution in [-0.2, 0) is 4.79 Å². The molecule has 1 amide bonds. The third kappa shape index (κ3) is 3.77. The molecule has 0 bridgehead atoms. The van der Waals surface area contributed by atoms with E-state index in [1.807, 2.05) is 19.1 Å². The zero-order valence-corrected chi connectivity index (χ0v) is 13.3. The van der Waals surface area contributed by atoms with Gasteiger partial charge in [0.25, 0.3) is 0 Å². The Morgan fingerprint density at radius 1 is 1.20 bits per heavy atom. The number of hydrogen-bond donors (Lipinski definition) is 2. The number of nitrogens with one attached hydrogen (secondary N) is 2. The maximum Gasteiger partial charge on any atom is 0.249 e. The van der Waals surface area contributed by atoms with Crippen molar-refractivity contribution in [1.29, 1.82) is 0 Å². The quantitative estimate of drug-likeness (QED) is 0.711. The molecular formula is C18H14F2N4O. The van der Waals surface area contributed by atoms with Gasteiger partial charge < -0.3 is 5.32 Å². The van der Waals surface area contributed by atoms with E-state index in [2.05, 4.69) is 20.5 Å². The summed E-state index contributed by atoms with van der Waals surface area (Å²) in [5.74, 6) is -1.42. The fraction of sp³-hybridized carbons (Fsp3) is 0.0556. The molecule has 0 aliphatic heterocycles. The number of pyridine rings is 1. The van der Waals surface area contributed by atoms with Crippen molar-refractivity contribution in [2.75, 3.05) is 5.32 Å². The van der Waals surface area contributed by atoms with E-state index < -0.39 is 17.5 Å². The molecule has 1 aromatic carbocycles. The fourth-order valence-electron chi connectivity index (χ4n) is 2.28. The Bertz CT molecular complexity index is 936. The molecule has 3 aromatic rings. The van der Waals surface area contributed by atoms with Crippen LogP contribution < -0.4 is 5.32 Å². The summed E-state index contributed by atoms with van der Waals surface area (Å²) in [6.07, 6.45) is 5.76. The zero-order chi connectivity index (χ0) is 17.8. The Morgan fingerprint density at radius 3 is 2.68 bits per heavy atom. The Hall–Kier alpha value is -3.35. The Kier molecular flexibility index (Phi) is 4.65. The summed E-state index contributed by atoms with van der Waals surface area (Å²) >= 11 is 0. The second-order valence-electron chi connectivity index (χ2n) is 5.30. The molecule has 2 heterocycles. The maximum atomic E-state index is 13.5. The van der Waals surface area contributed by atoms with Gasteiger partial charge >= 0.3 is 0 Å². The number of rotatable bonds is 4.